The topological polar surface area (TPSA) is 67.6 Å². The second-order valence-corrected chi connectivity index (χ2v) is 8.99. The minimum absolute atomic E-state index is 0.364. The fourth-order valence-electron chi connectivity index (χ4n) is 4.17. The highest BCUT2D eigenvalue weighted by Gasteiger charge is 2.18. The number of pyridine rings is 1. The largest absolute Gasteiger partial charge is 0.486 e. The summed E-state index contributed by atoms with van der Waals surface area (Å²) in [7, 11) is 0. The number of piperidine rings is 1. The maximum atomic E-state index is 6.50. The van der Waals surface area contributed by atoms with E-state index in [0.29, 0.717) is 17.4 Å². The molecule has 8 heteroatoms. The van der Waals surface area contributed by atoms with Crippen LogP contribution in [-0.4, -0.2) is 37.6 Å². The molecule has 4 aromatic rings. The molecule has 3 aromatic heterocycles. The van der Waals surface area contributed by atoms with E-state index < -0.39 is 0 Å². The number of ether oxygens (including phenoxy) is 1. The van der Waals surface area contributed by atoms with Crippen molar-refractivity contribution >= 4 is 28.6 Å². The first-order chi connectivity index (χ1) is 16.2. The molecule has 1 N–H and O–H groups in total. The van der Waals surface area contributed by atoms with E-state index in [1.165, 1.54) is 18.4 Å². The van der Waals surface area contributed by atoms with Crippen LogP contribution in [-0.2, 0) is 13.2 Å². The first kappa shape index (κ1) is 21.7. The average Bonchev–Trinajstić information content (AvgIpc) is 3.24. The molecule has 1 aliphatic rings. The van der Waals surface area contributed by atoms with Crippen molar-refractivity contribution in [3.8, 4) is 5.75 Å². The first-order valence-electron chi connectivity index (χ1n) is 11.3. The van der Waals surface area contributed by atoms with Crippen LogP contribution < -0.4 is 10.1 Å². The monoisotopic (exact) mass is 462 g/mol. The molecule has 33 heavy (non-hydrogen) atoms. The lowest BCUT2D eigenvalue weighted by Crippen LogP contribution is -2.32. The zero-order chi connectivity index (χ0) is 22.6. The van der Waals surface area contributed by atoms with Crippen LogP contribution in [0.5, 0.6) is 5.75 Å². The minimum atomic E-state index is 0.364. The molecule has 0 spiro atoms. The Hall–Kier alpha value is -3.16. The maximum Gasteiger partial charge on any atom is 0.158 e. The van der Waals surface area contributed by atoms with Crippen LogP contribution >= 0.6 is 11.6 Å². The summed E-state index contributed by atoms with van der Waals surface area (Å²) in [6.45, 7) is 5.85. The second kappa shape index (κ2) is 9.77. The number of fused-ring (bicyclic) bond motifs is 1. The Kier molecular flexibility index (Phi) is 6.41. The van der Waals surface area contributed by atoms with E-state index in [9.17, 15) is 0 Å². The predicted octanol–water partition coefficient (Wildman–Crippen LogP) is 5.33. The summed E-state index contributed by atoms with van der Waals surface area (Å²) in [4.78, 5) is 11.3. The SMILES string of the molecule is CC1CCN(Cc2ccn3ncnc(Nc4ccc(OCc5ccccn5)c(Cl)c4)c23)CC1. The first-order valence-corrected chi connectivity index (χ1v) is 11.7. The van der Waals surface area contributed by atoms with Crippen molar-refractivity contribution in [2.45, 2.75) is 32.9 Å². The Morgan fingerprint density at radius 3 is 2.79 bits per heavy atom. The zero-order valence-corrected chi connectivity index (χ0v) is 19.4. The Bertz CT molecular complexity index is 1220. The number of nitrogens with zero attached hydrogens (tertiary/aromatic N) is 5. The summed E-state index contributed by atoms with van der Waals surface area (Å²) in [6, 6.07) is 13.5. The van der Waals surface area contributed by atoms with Gasteiger partial charge < -0.3 is 10.1 Å². The van der Waals surface area contributed by atoms with Gasteiger partial charge in [-0.15, -0.1) is 0 Å². The summed E-state index contributed by atoms with van der Waals surface area (Å²) in [6.07, 6.45) is 7.80. The van der Waals surface area contributed by atoms with Crippen molar-refractivity contribution in [2.75, 3.05) is 18.4 Å². The molecule has 0 unspecified atom stereocenters. The van der Waals surface area contributed by atoms with Crippen molar-refractivity contribution in [1.82, 2.24) is 24.5 Å². The van der Waals surface area contributed by atoms with E-state index in [4.69, 9.17) is 16.3 Å². The smallest absolute Gasteiger partial charge is 0.158 e. The Morgan fingerprint density at radius 1 is 1.12 bits per heavy atom. The van der Waals surface area contributed by atoms with Crippen LogP contribution in [0.4, 0.5) is 11.5 Å². The summed E-state index contributed by atoms with van der Waals surface area (Å²) in [5.74, 6) is 2.19. The highest BCUT2D eigenvalue weighted by atomic mass is 35.5. The van der Waals surface area contributed by atoms with Gasteiger partial charge in [0.25, 0.3) is 0 Å². The van der Waals surface area contributed by atoms with Gasteiger partial charge in [0.1, 0.15) is 24.2 Å². The van der Waals surface area contributed by atoms with Gasteiger partial charge in [-0.05, 0) is 73.8 Å². The van der Waals surface area contributed by atoms with Gasteiger partial charge in [0.15, 0.2) is 5.82 Å². The van der Waals surface area contributed by atoms with Crippen molar-refractivity contribution in [3.05, 3.63) is 77.5 Å². The molecule has 1 saturated heterocycles. The van der Waals surface area contributed by atoms with Crippen LogP contribution in [0.25, 0.3) is 5.52 Å². The third-order valence-corrected chi connectivity index (χ3v) is 6.40. The molecule has 1 aliphatic heterocycles. The fourth-order valence-corrected chi connectivity index (χ4v) is 4.40. The highest BCUT2D eigenvalue weighted by Crippen LogP contribution is 2.31. The van der Waals surface area contributed by atoms with Crippen molar-refractivity contribution in [3.63, 3.8) is 0 Å². The number of hydrogen-bond acceptors (Lipinski definition) is 6. The second-order valence-electron chi connectivity index (χ2n) is 8.58. The molecule has 0 bridgehead atoms. The number of benzene rings is 1. The van der Waals surface area contributed by atoms with Crippen molar-refractivity contribution in [2.24, 2.45) is 5.92 Å². The fraction of sp³-hybridized carbons (Fsp3) is 0.320. The van der Waals surface area contributed by atoms with E-state index in [-0.39, 0.29) is 0 Å². The van der Waals surface area contributed by atoms with E-state index >= 15 is 0 Å². The molecule has 0 atom stereocenters. The molecule has 0 amide bonds. The lowest BCUT2D eigenvalue weighted by molar-refractivity contribution is 0.186. The third-order valence-electron chi connectivity index (χ3n) is 6.10. The lowest BCUT2D eigenvalue weighted by Gasteiger charge is -2.30. The van der Waals surface area contributed by atoms with Gasteiger partial charge in [-0.3, -0.25) is 9.88 Å². The van der Waals surface area contributed by atoms with Gasteiger partial charge >= 0.3 is 0 Å². The number of likely N-dealkylation sites (tertiary alicyclic amines) is 1. The summed E-state index contributed by atoms with van der Waals surface area (Å²) in [5, 5.41) is 8.33. The maximum absolute atomic E-state index is 6.50. The van der Waals surface area contributed by atoms with Gasteiger partial charge in [-0.2, -0.15) is 5.10 Å². The summed E-state index contributed by atoms with van der Waals surface area (Å²) < 4.78 is 7.72. The molecule has 170 valence electrons. The number of nitrogens with one attached hydrogen (secondary N) is 1. The van der Waals surface area contributed by atoms with Gasteiger partial charge in [0, 0.05) is 24.6 Å². The van der Waals surface area contributed by atoms with Crippen LogP contribution in [0.15, 0.2) is 61.2 Å². The minimum Gasteiger partial charge on any atom is -0.486 e. The molecular formula is C25H27ClN6O. The van der Waals surface area contributed by atoms with Crippen LogP contribution in [0, 0.1) is 5.92 Å². The number of halogens is 1. The highest BCUT2D eigenvalue weighted by molar-refractivity contribution is 6.32. The Morgan fingerprint density at radius 2 is 2.00 bits per heavy atom. The number of rotatable bonds is 7. The van der Waals surface area contributed by atoms with E-state index in [2.05, 4.69) is 38.3 Å². The van der Waals surface area contributed by atoms with Crippen LogP contribution in [0.3, 0.4) is 0 Å². The molecule has 0 saturated carbocycles. The van der Waals surface area contributed by atoms with Crippen LogP contribution in [0.2, 0.25) is 5.02 Å². The van der Waals surface area contributed by atoms with Crippen molar-refractivity contribution < 1.29 is 4.74 Å². The number of anilines is 2. The molecule has 1 aromatic carbocycles. The number of aromatic nitrogens is 4. The Balaban J connectivity index is 1.32. The van der Waals surface area contributed by atoms with E-state index in [1.54, 1.807) is 12.5 Å². The van der Waals surface area contributed by atoms with E-state index in [1.807, 2.05) is 47.1 Å². The van der Waals surface area contributed by atoms with Gasteiger partial charge in [-0.25, -0.2) is 9.50 Å². The normalized spacial score (nSPS) is 15.1. The molecule has 5 rings (SSSR count). The molecule has 0 aliphatic carbocycles. The van der Waals surface area contributed by atoms with Gasteiger partial charge in [-0.1, -0.05) is 24.6 Å². The van der Waals surface area contributed by atoms with Crippen molar-refractivity contribution in [1.29, 1.82) is 0 Å². The molecule has 1 fully saturated rings. The van der Waals surface area contributed by atoms with Gasteiger partial charge in [0.05, 0.1) is 10.7 Å². The summed E-state index contributed by atoms with van der Waals surface area (Å²) in [5.41, 5.74) is 3.89. The third kappa shape index (κ3) is 5.10. The standard InChI is InChI=1S/C25H27ClN6O/c1-18-7-11-31(12-8-18)15-19-9-13-32-24(19)25(28-17-29-32)30-20-5-6-23(22(26)14-20)33-16-21-4-2-3-10-27-21/h2-6,9-10,13-14,17-18H,7-8,11-12,15-16H2,1H3,(H,28,29,30). The van der Waals surface area contributed by atoms with E-state index in [0.717, 1.165) is 48.3 Å². The molecule has 4 heterocycles. The molecular weight excluding hydrogens is 436 g/mol. The average molecular weight is 463 g/mol. The zero-order valence-electron chi connectivity index (χ0n) is 18.6. The van der Waals surface area contributed by atoms with Crippen LogP contribution in [0.1, 0.15) is 31.0 Å². The molecule has 0 radical (unpaired) electrons. The quantitative estimate of drug-likeness (QED) is 0.400. The Labute approximate surface area is 198 Å². The molecule has 7 nitrogen and oxygen atoms in total. The summed E-state index contributed by atoms with van der Waals surface area (Å²) >= 11 is 6.50. The van der Waals surface area contributed by atoms with Gasteiger partial charge in [0.2, 0.25) is 0 Å². The lowest BCUT2D eigenvalue weighted by atomic mass is 9.99. The predicted molar refractivity (Wildman–Crippen MR) is 130 cm³/mol. The number of hydrogen-bond donors (Lipinski definition) is 1.